The van der Waals surface area contributed by atoms with E-state index in [1.165, 1.54) is 0 Å². The van der Waals surface area contributed by atoms with Gasteiger partial charge >= 0.3 is 12.4 Å². The molecule has 0 saturated heterocycles. The maximum atomic E-state index is 13.4. The van der Waals surface area contributed by atoms with E-state index in [0.29, 0.717) is 17.3 Å². The molecule has 13 heteroatoms. The summed E-state index contributed by atoms with van der Waals surface area (Å²) in [6, 6.07) is 0. The Morgan fingerprint density at radius 2 is 1.77 bits per heavy atom. The van der Waals surface area contributed by atoms with Crippen molar-refractivity contribution in [3.63, 3.8) is 0 Å². The van der Waals surface area contributed by atoms with Crippen molar-refractivity contribution in [2.75, 3.05) is 11.4 Å². The highest BCUT2D eigenvalue weighted by Crippen LogP contribution is 2.43. The zero-order valence-electron chi connectivity index (χ0n) is 16.1. The maximum Gasteiger partial charge on any atom is 0.451 e. The van der Waals surface area contributed by atoms with Crippen molar-refractivity contribution in [3.05, 3.63) is 33.6 Å². The van der Waals surface area contributed by atoms with Crippen molar-refractivity contribution < 1.29 is 26.3 Å². The highest BCUT2D eigenvalue weighted by atomic mass is 35.5. The van der Waals surface area contributed by atoms with Gasteiger partial charge in [0.05, 0.1) is 12.2 Å². The van der Waals surface area contributed by atoms with Crippen LogP contribution in [-0.4, -0.2) is 31.7 Å². The van der Waals surface area contributed by atoms with Gasteiger partial charge in [0.25, 0.3) is 0 Å². The van der Waals surface area contributed by atoms with E-state index < -0.39 is 23.9 Å². The topological polar surface area (TPSA) is 54.8 Å². The molecule has 0 bridgehead atoms. The Kier molecular flexibility index (Phi) is 5.74. The molecule has 1 unspecified atom stereocenters. The lowest BCUT2D eigenvalue weighted by molar-refractivity contribution is -0.153. The van der Waals surface area contributed by atoms with Gasteiger partial charge in [-0.2, -0.15) is 26.3 Å². The molecule has 0 aliphatic carbocycles. The molecule has 4 rings (SSSR count). The first-order valence-corrected chi connectivity index (χ1v) is 10.7. The predicted molar refractivity (Wildman–Crippen MR) is 102 cm³/mol. The Balaban J connectivity index is 1.74. The Morgan fingerprint density at radius 3 is 2.42 bits per heavy atom. The SMILES string of the molecule is CCCC1Cc2c(nc(Cl)nc2N2CCc3c(nc(C(F)(F)F)nc3C(F)(F)F)C2)S1. The van der Waals surface area contributed by atoms with Crippen LogP contribution in [0.5, 0.6) is 0 Å². The highest BCUT2D eigenvalue weighted by molar-refractivity contribution is 8.00. The van der Waals surface area contributed by atoms with Gasteiger partial charge in [-0.25, -0.2) is 19.9 Å². The van der Waals surface area contributed by atoms with Crippen LogP contribution >= 0.6 is 23.4 Å². The van der Waals surface area contributed by atoms with Gasteiger partial charge in [0.1, 0.15) is 10.8 Å². The predicted octanol–water partition coefficient (Wildman–Crippen LogP) is 5.34. The van der Waals surface area contributed by atoms with Crippen molar-refractivity contribution in [2.24, 2.45) is 0 Å². The number of hydrogen-bond donors (Lipinski definition) is 0. The fourth-order valence-electron chi connectivity index (χ4n) is 3.85. The molecule has 5 nitrogen and oxygen atoms in total. The largest absolute Gasteiger partial charge is 0.451 e. The molecule has 0 aromatic carbocycles. The molecular weight excluding hydrogens is 468 g/mol. The summed E-state index contributed by atoms with van der Waals surface area (Å²) in [5, 5.41) is 0.965. The van der Waals surface area contributed by atoms with Crippen LogP contribution in [0.4, 0.5) is 32.2 Å². The molecule has 0 saturated carbocycles. The quantitative estimate of drug-likeness (QED) is 0.334. The molecule has 2 aromatic heterocycles. The molecule has 2 aromatic rings. The summed E-state index contributed by atoms with van der Waals surface area (Å²) in [5.74, 6) is -1.36. The Morgan fingerprint density at radius 1 is 1.03 bits per heavy atom. The van der Waals surface area contributed by atoms with E-state index in [0.717, 1.165) is 18.4 Å². The number of nitrogens with zero attached hydrogens (tertiary/aromatic N) is 5. The fourth-order valence-corrected chi connectivity index (χ4v) is 5.44. The van der Waals surface area contributed by atoms with Gasteiger partial charge in [0.15, 0.2) is 5.69 Å². The molecule has 4 heterocycles. The third-order valence-electron chi connectivity index (χ3n) is 5.13. The first-order valence-electron chi connectivity index (χ1n) is 9.49. The van der Waals surface area contributed by atoms with Crippen molar-refractivity contribution in [1.82, 2.24) is 19.9 Å². The van der Waals surface area contributed by atoms with Crippen molar-refractivity contribution >= 4 is 29.2 Å². The van der Waals surface area contributed by atoms with E-state index in [2.05, 4.69) is 26.9 Å². The Bertz CT molecular complexity index is 1010. The lowest BCUT2D eigenvalue weighted by Crippen LogP contribution is -2.35. The number of fused-ring (bicyclic) bond motifs is 2. The molecule has 0 N–H and O–H groups in total. The van der Waals surface area contributed by atoms with Crippen LogP contribution in [0.25, 0.3) is 0 Å². The minimum atomic E-state index is -5.10. The Hall–Kier alpha value is -1.82. The normalized spacial score (nSPS) is 18.8. The molecule has 2 aliphatic rings. The average Bonchev–Trinajstić information content (AvgIpc) is 3.07. The third-order valence-corrected chi connectivity index (χ3v) is 6.59. The van der Waals surface area contributed by atoms with Gasteiger partial charge in [-0.15, -0.1) is 11.8 Å². The molecule has 0 radical (unpaired) electrons. The first kappa shape index (κ1) is 22.4. The number of anilines is 1. The van der Waals surface area contributed by atoms with Crippen LogP contribution in [0.15, 0.2) is 5.03 Å². The number of rotatable bonds is 3. The smallest absolute Gasteiger partial charge is 0.350 e. The van der Waals surface area contributed by atoms with Gasteiger partial charge < -0.3 is 4.90 Å². The molecule has 0 spiro atoms. The Labute approximate surface area is 182 Å². The average molecular weight is 484 g/mol. The summed E-state index contributed by atoms with van der Waals surface area (Å²) in [6.07, 6.45) is -7.70. The van der Waals surface area contributed by atoms with Crippen LogP contribution in [0.3, 0.4) is 0 Å². The summed E-state index contributed by atoms with van der Waals surface area (Å²) in [5.41, 5.74) is -1.33. The standard InChI is InChI=1S/C18H16ClF6N5S/c1-2-3-8-6-10-13(28-16(19)29-14(10)31-8)30-5-4-9-11(7-30)26-15(18(23,24)25)27-12(9)17(20,21)22/h8H,2-7H2,1H3. The summed E-state index contributed by atoms with van der Waals surface area (Å²) >= 11 is 7.62. The van der Waals surface area contributed by atoms with E-state index in [9.17, 15) is 26.3 Å². The van der Waals surface area contributed by atoms with E-state index in [1.807, 2.05) is 0 Å². The zero-order chi connectivity index (χ0) is 22.6. The van der Waals surface area contributed by atoms with Gasteiger partial charge in [0, 0.05) is 22.9 Å². The van der Waals surface area contributed by atoms with E-state index in [1.54, 1.807) is 16.7 Å². The van der Waals surface area contributed by atoms with Crippen molar-refractivity contribution in [2.45, 2.75) is 61.8 Å². The third kappa shape index (κ3) is 4.41. The monoisotopic (exact) mass is 483 g/mol. The number of alkyl halides is 6. The van der Waals surface area contributed by atoms with Crippen LogP contribution in [0.1, 0.15) is 48.1 Å². The second kappa shape index (κ2) is 7.95. The second-order valence-electron chi connectivity index (χ2n) is 7.32. The molecule has 1 atom stereocenters. The van der Waals surface area contributed by atoms with Crippen molar-refractivity contribution in [3.8, 4) is 0 Å². The summed E-state index contributed by atoms with van der Waals surface area (Å²) < 4.78 is 79.6. The van der Waals surface area contributed by atoms with E-state index >= 15 is 0 Å². The van der Waals surface area contributed by atoms with Crippen LogP contribution in [-0.2, 0) is 31.7 Å². The molecule has 31 heavy (non-hydrogen) atoms. The number of aromatic nitrogens is 4. The molecule has 0 fully saturated rings. The molecule has 0 amide bonds. The van der Waals surface area contributed by atoms with Crippen LogP contribution < -0.4 is 4.90 Å². The second-order valence-corrected chi connectivity index (χ2v) is 8.95. The lowest BCUT2D eigenvalue weighted by Gasteiger charge is -2.31. The lowest BCUT2D eigenvalue weighted by atomic mass is 10.0. The number of hydrogen-bond acceptors (Lipinski definition) is 6. The van der Waals surface area contributed by atoms with Gasteiger partial charge in [-0.1, -0.05) is 13.3 Å². The first-order chi connectivity index (χ1) is 14.5. The van der Waals surface area contributed by atoms with E-state index in [4.69, 9.17) is 11.6 Å². The van der Waals surface area contributed by atoms with Gasteiger partial charge in [-0.05, 0) is 30.9 Å². The summed E-state index contributed by atoms with van der Waals surface area (Å²) in [6.45, 7) is 1.92. The summed E-state index contributed by atoms with van der Waals surface area (Å²) in [7, 11) is 0. The summed E-state index contributed by atoms with van der Waals surface area (Å²) in [4.78, 5) is 16.4. The molecule has 2 aliphatic heterocycles. The van der Waals surface area contributed by atoms with Crippen LogP contribution in [0.2, 0.25) is 5.28 Å². The fraction of sp³-hybridized carbons (Fsp3) is 0.556. The van der Waals surface area contributed by atoms with Crippen LogP contribution in [0, 0.1) is 0 Å². The number of halogens is 7. The molecular formula is C18H16ClF6N5S. The molecule has 168 valence electrons. The van der Waals surface area contributed by atoms with Crippen molar-refractivity contribution in [1.29, 1.82) is 0 Å². The highest BCUT2D eigenvalue weighted by Gasteiger charge is 2.44. The van der Waals surface area contributed by atoms with Gasteiger partial charge in [0.2, 0.25) is 11.1 Å². The number of thioether (sulfide) groups is 1. The maximum absolute atomic E-state index is 13.4. The zero-order valence-corrected chi connectivity index (χ0v) is 17.7. The van der Waals surface area contributed by atoms with E-state index in [-0.39, 0.29) is 41.3 Å². The minimum absolute atomic E-state index is 0.0150. The van der Waals surface area contributed by atoms with Gasteiger partial charge in [-0.3, -0.25) is 0 Å². The minimum Gasteiger partial charge on any atom is -0.350 e.